The summed E-state index contributed by atoms with van der Waals surface area (Å²) < 4.78 is 27.8. The number of hydrogen-bond acceptors (Lipinski definition) is 7. The van der Waals surface area contributed by atoms with Gasteiger partial charge in [-0.1, -0.05) is 19.8 Å². The molecule has 1 saturated heterocycles. The molecule has 3 aromatic rings. The molecule has 2 fully saturated rings. The highest BCUT2D eigenvalue weighted by atomic mass is 32.2. The highest BCUT2D eigenvalue weighted by Crippen LogP contribution is 2.50. The van der Waals surface area contributed by atoms with Crippen molar-refractivity contribution in [2.75, 3.05) is 26.0 Å². The van der Waals surface area contributed by atoms with E-state index in [1.807, 2.05) is 0 Å². The largest absolute Gasteiger partial charge is 0.465 e. The number of carboxylic acid groups (broad SMARTS) is 1. The molecule has 3 heterocycles. The smallest absolute Gasteiger partial charge is 0.407 e. The number of likely N-dealkylation sites (tertiary alicyclic amines) is 1. The summed E-state index contributed by atoms with van der Waals surface area (Å²) in [5, 5.41) is 28.4. The number of H-pyrrole nitrogens is 1. The zero-order valence-corrected chi connectivity index (χ0v) is 24.2. The minimum absolute atomic E-state index is 0.104. The number of aromatic nitrogens is 3. The van der Waals surface area contributed by atoms with Crippen LogP contribution in [-0.2, 0) is 15.6 Å². The van der Waals surface area contributed by atoms with Crippen LogP contribution in [0.25, 0.3) is 10.9 Å². The molecule has 5 rings (SSSR count). The summed E-state index contributed by atoms with van der Waals surface area (Å²) in [5.41, 5.74) is -0.332. The van der Waals surface area contributed by atoms with E-state index in [0.717, 1.165) is 30.0 Å². The van der Waals surface area contributed by atoms with E-state index < -0.39 is 21.7 Å². The summed E-state index contributed by atoms with van der Waals surface area (Å²) in [6.45, 7) is 2.40. The number of nitriles is 1. The topological polar surface area (TPSA) is 164 Å². The second-order valence-corrected chi connectivity index (χ2v) is 13.8. The number of benzene rings is 1. The third-order valence-corrected chi connectivity index (χ3v) is 10.7. The minimum atomic E-state index is -3.61. The fraction of sp³-hybridized carbons (Fsp3) is 0.500. The van der Waals surface area contributed by atoms with Crippen LogP contribution < -0.4 is 10.9 Å². The van der Waals surface area contributed by atoms with Gasteiger partial charge in [-0.25, -0.2) is 17.5 Å². The number of anilines is 2. The molecule has 218 valence electrons. The Hall–Kier alpha value is -3.89. The Balaban J connectivity index is 1.59. The molecule has 1 amide bonds. The van der Waals surface area contributed by atoms with Crippen molar-refractivity contribution in [1.82, 2.24) is 24.0 Å². The van der Waals surface area contributed by atoms with Gasteiger partial charge in [-0.2, -0.15) is 10.4 Å². The molecule has 2 aromatic heterocycles. The zero-order valence-electron chi connectivity index (χ0n) is 23.4. The first-order valence-corrected chi connectivity index (χ1v) is 15.1. The Morgan fingerprint density at radius 3 is 2.51 bits per heavy atom. The van der Waals surface area contributed by atoms with Crippen LogP contribution in [0.2, 0.25) is 0 Å². The number of aromatic amines is 1. The second-order valence-electron chi connectivity index (χ2n) is 11.6. The van der Waals surface area contributed by atoms with Crippen LogP contribution in [-0.4, -0.2) is 70.3 Å². The van der Waals surface area contributed by atoms with Gasteiger partial charge in [-0.05, 0) is 61.4 Å². The highest BCUT2D eigenvalue weighted by molar-refractivity contribution is 7.89. The summed E-state index contributed by atoms with van der Waals surface area (Å²) >= 11 is 0. The second kappa shape index (κ2) is 10.5. The van der Waals surface area contributed by atoms with Crippen LogP contribution in [0.3, 0.4) is 0 Å². The normalized spacial score (nSPS) is 22.6. The van der Waals surface area contributed by atoms with Gasteiger partial charge in [0, 0.05) is 38.6 Å². The summed E-state index contributed by atoms with van der Waals surface area (Å²) in [6, 6.07) is 9.93. The molecule has 2 atom stereocenters. The molecular weight excluding hydrogens is 546 g/mol. The van der Waals surface area contributed by atoms with E-state index in [9.17, 15) is 28.4 Å². The van der Waals surface area contributed by atoms with Crippen LogP contribution in [0.4, 0.5) is 16.3 Å². The van der Waals surface area contributed by atoms with Crippen molar-refractivity contribution in [3.05, 3.63) is 46.9 Å². The lowest BCUT2D eigenvalue weighted by molar-refractivity contribution is -0.00307. The van der Waals surface area contributed by atoms with Crippen LogP contribution in [0.1, 0.15) is 51.9 Å². The predicted molar refractivity (Wildman–Crippen MR) is 153 cm³/mol. The lowest BCUT2D eigenvalue weighted by Crippen LogP contribution is -2.58. The standard InChI is InChI=1S/C28H35N7O5S/c1-27(11-4-5-12-27)22-18-28(13-15-29,14-17-34(22)26(37)38)35-21-10-16-30-25(36)23(21)24(32-35)31-19-6-8-20(9-7-19)41(39,40)33(2)3/h6-10,16,22H,4-5,11-14,17-18H2,1-3H3,(H,30,36)(H,31,32)(H,37,38). The summed E-state index contributed by atoms with van der Waals surface area (Å²) in [7, 11) is -0.685. The minimum Gasteiger partial charge on any atom is -0.465 e. The average molecular weight is 582 g/mol. The van der Waals surface area contributed by atoms with Crippen molar-refractivity contribution in [1.29, 1.82) is 5.26 Å². The molecule has 3 N–H and O–H groups in total. The molecule has 0 radical (unpaired) electrons. The Kier molecular flexibility index (Phi) is 7.33. The van der Waals surface area contributed by atoms with Crippen molar-refractivity contribution in [2.45, 2.75) is 68.3 Å². The number of fused-ring (bicyclic) bond motifs is 1. The molecule has 12 nitrogen and oxygen atoms in total. The first kappa shape index (κ1) is 28.6. The maximum atomic E-state index is 13.1. The zero-order chi connectivity index (χ0) is 29.6. The number of hydrogen-bond donors (Lipinski definition) is 3. The number of carbonyl (C=O) groups is 1. The lowest BCUT2D eigenvalue weighted by Gasteiger charge is -2.50. The van der Waals surface area contributed by atoms with Crippen LogP contribution >= 0.6 is 0 Å². The molecule has 1 saturated carbocycles. The van der Waals surface area contributed by atoms with Gasteiger partial charge in [0.05, 0.1) is 28.4 Å². The molecule has 13 heteroatoms. The van der Waals surface area contributed by atoms with E-state index in [1.54, 1.807) is 22.9 Å². The third-order valence-electron chi connectivity index (χ3n) is 8.92. The maximum absolute atomic E-state index is 13.1. The van der Waals surface area contributed by atoms with E-state index in [2.05, 4.69) is 23.3 Å². The van der Waals surface area contributed by atoms with Crippen molar-refractivity contribution < 1.29 is 18.3 Å². The fourth-order valence-corrected chi connectivity index (χ4v) is 7.48. The van der Waals surface area contributed by atoms with Gasteiger partial charge in [-0.15, -0.1) is 0 Å². The fourth-order valence-electron chi connectivity index (χ4n) is 6.58. The van der Waals surface area contributed by atoms with E-state index in [-0.39, 0.29) is 40.7 Å². The highest BCUT2D eigenvalue weighted by Gasteiger charge is 2.51. The van der Waals surface area contributed by atoms with E-state index >= 15 is 0 Å². The first-order chi connectivity index (χ1) is 19.4. The number of amides is 1. The van der Waals surface area contributed by atoms with Crippen LogP contribution in [0.15, 0.2) is 46.2 Å². The molecule has 0 spiro atoms. The van der Waals surface area contributed by atoms with Crippen LogP contribution in [0, 0.1) is 16.7 Å². The average Bonchev–Trinajstić information content (AvgIpc) is 3.54. The van der Waals surface area contributed by atoms with Crippen molar-refractivity contribution in [3.63, 3.8) is 0 Å². The lowest BCUT2D eigenvalue weighted by atomic mass is 9.69. The number of rotatable bonds is 7. The Labute approximate surface area is 238 Å². The number of nitrogens with one attached hydrogen (secondary N) is 2. The van der Waals surface area contributed by atoms with Gasteiger partial charge >= 0.3 is 6.09 Å². The Morgan fingerprint density at radius 2 is 1.90 bits per heavy atom. The van der Waals surface area contributed by atoms with Crippen LogP contribution in [0.5, 0.6) is 0 Å². The molecule has 1 aliphatic heterocycles. The van der Waals surface area contributed by atoms with Gasteiger partial charge in [-0.3, -0.25) is 9.48 Å². The van der Waals surface area contributed by atoms with Crippen molar-refractivity contribution >= 4 is 38.5 Å². The molecule has 1 aromatic carbocycles. The monoisotopic (exact) mass is 581 g/mol. The van der Waals surface area contributed by atoms with Gasteiger partial charge in [0.25, 0.3) is 5.56 Å². The van der Waals surface area contributed by atoms with Crippen molar-refractivity contribution in [2.24, 2.45) is 5.41 Å². The maximum Gasteiger partial charge on any atom is 0.407 e. The Bertz CT molecular complexity index is 1670. The van der Waals surface area contributed by atoms with Gasteiger partial charge in [0.2, 0.25) is 10.0 Å². The number of piperidine rings is 1. The van der Waals surface area contributed by atoms with Crippen molar-refractivity contribution in [3.8, 4) is 6.07 Å². The summed E-state index contributed by atoms with van der Waals surface area (Å²) in [4.78, 5) is 29.7. The molecule has 2 aliphatic rings. The summed E-state index contributed by atoms with van der Waals surface area (Å²) in [5.74, 6) is 0.270. The van der Waals surface area contributed by atoms with E-state index in [0.29, 0.717) is 29.4 Å². The number of sulfonamides is 1. The first-order valence-electron chi connectivity index (χ1n) is 13.7. The van der Waals surface area contributed by atoms with Gasteiger partial charge < -0.3 is 20.3 Å². The SMILES string of the molecule is CN(C)S(=O)(=O)c1ccc(Nc2nn(C3(CC#N)CCN(C(=O)O)C(C4(C)CCCC4)C3)c3cc[nH]c(=O)c23)cc1. The van der Waals surface area contributed by atoms with Gasteiger partial charge in [0.15, 0.2) is 5.82 Å². The molecule has 1 aliphatic carbocycles. The molecular formula is C28H35N7O5S. The third kappa shape index (κ3) is 4.95. The molecule has 2 unspecified atom stereocenters. The predicted octanol–water partition coefficient (Wildman–Crippen LogP) is 4.05. The Morgan fingerprint density at radius 1 is 1.22 bits per heavy atom. The summed E-state index contributed by atoms with van der Waals surface area (Å²) in [6.07, 6.45) is 5.36. The molecule has 0 bridgehead atoms. The van der Waals surface area contributed by atoms with E-state index in [1.165, 1.54) is 37.3 Å². The van der Waals surface area contributed by atoms with E-state index in [4.69, 9.17) is 5.10 Å². The number of pyridine rings is 1. The number of nitrogens with zero attached hydrogens (tertiary/aromatic N) is 5. The molecule has 41 heavy (non-hydrogen) atoms. The van der Waals surface area contributed by atoms with Gasteiger partial charge in [0.1, 0.15) is 5.39 Å². The quantitative estimate of drug-likeness (QED) is 0.376.